The summed E-state index contributed by atoms with van der Waals surface area (Å²) in [5.74, 6) is -6.36. The Morgan fingerprint density at radius 1 is 1.27 bits per heavy atom. The maximum Gasteiger partial charge on any atom is 0.461 e. The number of hydrogen-bond acceptors (Lipinski definition) is 2. The lowest BCUT2D eigenvalue weighted by Crippen LogP contribution is -2.34. The molecule has 0 spiro atoms. The average molecular weight is 229 g/mol. The fourth-order valence-corrected chi connectivity index (χ4v) is 0.935. The lowest BCUT2D eigenvalue weighted by molar-refractivity contribution is -0.292. The highest BCUT2D eigenvalue weighted by molar-refractivity contribution is 5.08. The lowest BCUT2D eigenvalue weighted by atomic mass is 10.3. The van der Waals surface area contributed by atoms with Gasteiger partial charge in [-0.2, -0.15) is 22.0 Å². The Bertz CT molecular complexity index is 330. The van der Waals surface area contributed by atoms with Crippen LogP contribution in [0.2, 0.25) is 0 Å². The minimum Gasteiger partial charge on any atom is -0.340 e. The smallest absolute Gasteiger partial charge is 0.340 e. The number of hydrogen-bond donors (Lipinski definition) is 2. The van der Waals surface area contributed by atoms with Gasteiger partial charge in [0.05, 0.1) is 0 Å². The van der Waals surface area contributed by atoms with Crippen LogP contribution >= 0.6 is 0 Å². The van der Waals surface area contributed by atoms with Gasteiger partial charge in [0.25, 0.3) is 0 Å². The quantitative estimate of drug-likeness (QED) is 0.773. The van der Waals surface area contributed by atoms with Crippen LogP contribution in [0.15, 0.2) is 6.20 Å². The Kier molecular flexibility index (Phi) is 2.98. The van der Waals surface area contributed by atoms with Crippen LogP contribution in [-0.4, -0.2) is 22.7 Å². The van der Waals surface area contributed by atoms with E-state index >= 15 is 0 Å². The first-order valence-electron chi connectivity index (χ1n) is 3.98. The molecule has 0 saturated heterocycles. The van der Waals surface area contributed by atoms with Gasteiger partial charge in [-0.25, -0.2) is 4.98 Å². The molecule has 0 radical (unpaired) electrons. The molecule has 0 fully saturated rings. The third kappa shape index (κ3) is 2.25. The summed E-state index contributed by atoms with van der Waals surface area (Å²) < 4.78 is 61.0. The minimum atomic E-state index is -5.65. The zero-order valence-electron chi connectivity index (χ0n) is 7.41. The molecular formula is C7H8F5N3. The molecular weight excluding hydrogens is 221 g/mol. The van der Waals surface area contributed by atoms with Crippen LogP contribution in [0.25, 0.3) is 0 Å². The van der Waals surface area contributed by atoms with Crippen molar-refractivity contribution in [2.45, 2.75) is 18.5 Å². The number of nitrogens with one attached hydrogen (secondary N) is 1. The number of H-pyrrole nitrogens is 1. The van der Waals surface area contributed by atoms with Gasteiger partial charge >= 0.3 is 12.1 Å². The van der Waals surface area contributed by atoms with Crippen molar-refractivity contribution in [2.75, 3.05) is 6.54 Å². The van der Waals surface area contributed by atoms with Crippen molar-refractivity contribution in [1.82, 2.24) is 9.97 Å². The van der Waals surface area contributed by atoms with Gasteiger partial charge in [-0.1, -0.05) is 0 Å². The molecule has 0 aromatic carbocycles. The van der Waals surface area contributed by atoms with Gasteiger partial charge in [-0.3, -0.25) is 0 Å². The first-order chi connectivity index (χ1) is 6.79. The van der Waals surface area contributed by atoms with Crippen LogP contribution in [-0.2, 0) is 12.3 Å². The normalized spacial score (nSPS) is 13.2. The number of rotatable bonds is 3. The Morgan fingerprint density at radius 2 is 1.87 bits per heavy atom. The SMILES string of the molecule is NCCc1cnc(C(F)(F)C(F)(F)F)[nH]1. The van der Waals surface area contributed by atoms with E-state index in [1.54, 1.807) is 0 Å². The largest absolute Gasteiger partial charge is 0.461 e. The summed E-state index contributed by atoms with van der Waals surface area (Å²) in [6, 6.07) is 0. The van der Waals surface area contributed by atoms with Gasteiger partial charge in [0.1, 0.15) is 0 Å². The first kappa shape index (κ1) is 11.9. The van der Waals surface area contributed by atoms with Crippen LogP contribution in [0, 0.1) is 0 Å². The van der Waals surface area contributed by atoms with E-state index in [0.717, 1.165) is 6.20 Å². The van der Waals surface area contributed by atoms with Gasteiger partial charge < -0.3 is 10.7 Å². The van der Waals surface area contributed by atoms with Crippen LogP contribution in [0.4, 0.5) is 22.0 Å². The molecule has 3 nitrogen and oxygen atoms in total. The fourth-order valence-electron chi connectivity index (χ4n) is 0.935. The molecule has 0 atom stereocenters. The molecule has 1 aromatic rings. The number of aromatic nitrogens is 2. The molecule has 0 aliphatic heterocycles. The van der Waals surface area contributed by atoms with E-state index in [9.17, 15) is 22.0 Å². The van der Waals surface area contributed by atoms with Crippen LogP contribution in [0.5, 0.6) is 0 Å². The summed E-state index contributed by atoms with van der Waals surface area (Å²) >= 11 is 0. The third-order valence-electron chi connectivity index (χ3n) is 1.70. The molecule has 0 unspecified atom stereocenters. The fraction of sp³-hybridized carbons (Fsp3) is 0.571. The van der Waals surface area contributed by atoms with Gasteiger partial charge in [0, 0.05) is 18.3 Å². The maximum absolute atomic E-state index is 12.7. The van der Waals surface area contributed by atoms with E-state index in [0.29, 0.717) is 0 Å². The molecule has 0 bridgehead atoms. The Labute approximate surface area is 81.5 Å². The summed E-state index contributed by atoms with van der Waals surface area (Å²) in [6.07, 6.45) is -4.56. The van der Waals surface area contributed by atoms with Gasteiger partial charge in [0.15, 0.2) is 5.82 Å². The molecule has 1 heterocycles. The van der Waals surface area contributed by atoms with Crippen molar-refractivity contribution in [2.24, 2.45) is 5.73 Å². The van der Waals surface area contributed by atoms with Crippen LogP contribution < -0.4 is 5.73 Å². The number of alkyl halides is 5. The van der Waals surface area contributed by atoms with Crippen LogP contribution in [0.3, 0.4) is 0 Å². The average Bonchev–Trinajstić information content (AvgIpc) is 2.51. The van der Waals surface area contributed by atoms with E-state index < -0.39 is 17.9 Å². The van der Waals surface area contributed by atoms with Gasteiger partial charge in [-0.05, 0) is 6.54 Å². The first-order valence-corrected chi connectivity index (χ1v) is 3.98. The van der Waals surface area contributed by atoms with Gasteiger partial charge in [-0.15, -0.1) is 0 Å². The van der Waals surface area contributed by atoms with Crippen molar-refractivity contribution in [1.29, 1.82) is 0 Å². The highest BCUT2D eigenvalue weighted by atomic mass is 19.4. The summed E-state index contributed by atoms with van der Waals surface area (Å²) in [5.41, 5.74) is 5.26. The highest BCUT2D eigenvalue weighted by Gasteiger charge is 2.60. The van der Waals surface area contributed by atoms with E-state index in [1.165, 1.54) is 0 Å². The molecule has 0 aliphatic rings. The standard InChI is InChI=1S/C7H8F5N3/c8-6(9,7(10,11)12)5-14-3-4(15-5)1-2-13/h3H,1-2,13H2,(H,14,15). The summed E-state index contributed by atoms with van der Waals surface area (Å²) in [5, 5.41) is 0. The molecule has 3 N–H and O–H groups in total. The predicted octanol–water partition coefficient (Wildman–Crippen LogP) is 1.56. The highest BCUT2D eigenvalue weighted by Crippen LogP contribution is 2.42. The summed E-state index contributed by atoms with van der Waals surface area (Å²) in [7, 11) is 0. The van der Waals surface area contributed by atoms with Crippen molar-refractivity contribution in [3.8, 4) is 0 Å². The maximum atomic E-state index is 12.7. The van der Waals surface area contributed by atoms with Crippen molar-refractivity contribution in [3.05, 3.63) is 17.7 Å². The zero-order valence-corrected chi connectivity index (χ0v) is 7.41. The molecule has 1 aromatic heterocycles. The van der Waals surface area contributed by atoms with Crippen molar-refractivity contribution < 1.29 is 22.0 Å². The van der Waals surface area contributed by atoms with E-state index in [2.05, 4.69) is 4.98 Å². The molecule has 0 amide bonds. The van der Waals surface area contributed by atoms with Crippen molar-refractivity contribution in [3.63, 3.8) is 0 Å². The Balaban J connectivity index is 2.95. The van der Waals surface area contributed by atoms with E-state index in [-0.39, 0.29) is 18.7 Å². The Hall–Kier alpha value is -1.18. The summed E-state index contributed by atoms with van der Waals surface area (Å²) in [6.45, 7) is 0.138. The second-order valence-electron chi connectivity index (χ2n) is 2.87. The second kappa shape index (κ2) is 3.76. The van der Waals surface area contributed by atoms with Crippen LogP contribution in [0.1, 0.15) is 11.5 Å². The van der Waals surface area contributed by atoms with Gasteiger partial charge in [0.2, 0.25) is 0 Å². The van der Waals surface area contributed by atoms with E-state index in [1.807, 2.05) is 4.98 Å². The lowest BCUT2D eigenvalue weighted by Gasteiger charge is -2.16. The number of nitrogens with zero attached hydrogens (tertiary/aromatic N) is 1. The number of halogens is 5. The molecule has 1 rings (SSSR count). The number of nitrogens with two attached hydrogens (primary N) is 1. The molecule has 86 valence electrons. The molecule has 0 saturated carbocycles. The molecule has 15 heavy (non-hydrogen) atoms. The summed E-state index contributed by atoms with van der Waals surface area (Å²) in [4.78, 5) is 4.89. The minimum absolute atomic E-state index is 0.138. The van der Waals surface area contributed by atoms with Crippen molar-refractivity contribution >= 4 is 0 Å². The second-order valence-corrected chi connectivity index (χ2v) is 2.87. The third-order valence-corrected chi connectivity index (χ3v) is 1.70. The number of imidazole rings is 1. The predicted molar refractivity (Wildman–Crippen MR) is 41.3 cm³/mol. The Morgan fingerprint density at radius 3 is 2.33 bits per heavy atom. The van der Waals surface area contributed by atoms with E-state index in [4.69, 9.17) is 5.73 Å². The number of aromatic amines is 1. The molecule has 8 heteroatoms. The topological polar surface area (TPSA) is 54.7 Å². The zero-order chi connectivity index (χ0) is 11.7. The monoisotopic (exact) mass is 229 g/mol. The molecule has 0 aliphatic carbocycles.